The summed E-state index contributed by atoms with van der Waals surface area (Å²) in [6.45, 7) is 6.23. The molecule has 4 aromatic rings. The molecule has 0 bridgehead atoms. The molecule has 0 aliphatic heterocycles. The van der Waals surface area contributed by atoms with Crippen LogP contribution in [0.1, 0.15) is 42.6 Å². The maximum Gasteiger partial charge on any atom is 0.137 e. The fourth-order valence-corrected chi connectivity index (χ4v) is 4.48. The molecule has 1 N–H and O–H groups in total. The van der Waals surface area contributed by atoms with E-state index < -0.39 is 0 Å². The Morgan fingerprint density at radius 1 is 1.10 bits per heavy atom. The summed E-state index contributed by atoms with van der Waals surface area (Å²) in [6.07, 6.45) is 11.0. The summed E-state index contributed by atoms with van der Waals surface area (Å²) in [5.74, 6) is 1.88. The van der Waals surface area contributed by atoms with Gasteiger partial charge >= 0.3 is 0 Å². The Kier molecular flexibility index (Phi) is 4.38. The number of hydrogen-bond donors (Lipinski definition) is 1. The summed E-state index contributed by atoms with van der Waals surface area (Å²) in [7, 11) is 0. The van der Waals surface area contributed by atoms with Gasteiger partial charge in [0.15, 0.2) is 0 Å². The number of nitrogens with zero attached hydrogens (tertiary/aromatic N) is 3. The molecule has 0 radical (unpaired) electrons. The lowest BCUT2D eigenvalue weighted by atomic mass is 10.0. The summed E-state index contributed by atoms with van der Waals surface area (Å²) >= 11 is 0. The molecule has 0 spiro atoms. The van der Waals surface area contributed by atoms with Crippen molar-refractivity contribution in [2.45, 2.75) is 52.5 Å². The van der Waals surface area contributed by atoms with Gasteiger partial charge in [-0.15, -0.1) is 0 Å². The second-order valence-corrected chi connectivity index (χ2v) is 8.13. The third kappa shape index (κ3) is 3.20. The average molecular weight is 386 g/mol. The quantitative estimate of drug-likeness (QED) is 0.472. The van der Waals surface area contributed by atoms with Gasteiger partial charge in [0.25, 0.3) is 0 Å². The van der Waals surface area contributed by atoms with Crippen LogP contribution in [0.2, 0.25) is 0 Å². The van der Waals surface area contributed by atoms with Gasteiger partial charge in [0.1, 0.15) is 17.2 Å². The highest BCUT2D eigenvalue weighted by Gasteiger charge is 2.17. The summed E-state index contributed by atoms with van der Waals surface area (Å²) in [4.78, 5) is 9.52. The van der Waals surface area contributed by atoms with Crippen molar-refractivity contribution in [1.29, 1.82) is 0 Å². The molecule has 5 rings (SSSR count). The minimum Gasteiger partial charge on any atom is -0.469 e. The molecule has 0 aromatic carbocycles. The highest BCUT2D eigenvalue weighted by Crippen LogP contribution is 2.33. The number of imidazole rings is 1. The smallest absolute Gasteiger partial charge is 0.137 e. The molecule has 1 aliphatic carbocycles. The van der Waals surface area contributed by atoms with Crippen molar-refractivity contribution < 1.29 is 4.42 Å². The van der Waals surface area contributed by atoms with E-state index in [0.29, 0.717) is 6.04 Å². The Labute approximate surface area is 170 Å². The fraction of sp³-hybridized carbons (Fsp3) is 0.333. The predicted octanol–water partition coefficient (Wildman–Crippen LogP) is 5.94. The average Bonchev–Trinajstić information content (AvgIpc) is 3.43. The van der Waals surface area contributed by atoms with Crippen molar-refractivity contribution in [1.82, 2.24) is 14.4 Å². The lowest BCUT2D eigenvalue weighted by Gasteiger charge is -2.13. The van der Waals surface area contributed by atoms with Crippen LogP contribution in [0.15, 0.2) is 47.3 Å². The first kappa shape index (κ1) is 18.0. The van der Waals surface area contributed by atoms with Gasteiger partial charge in [-0.1, -0.05) is 18.9 Å². The summed E-state index contributed by atoms with van der Waals surface area (Å²) < 4.78 is 7.78. The molecule has 5 nitrogen and oxygen atoms in total. The Balaban J connectivity index is 1.58. The molecule has 4 aromatic heterocycles. The number of aryl methyl sites for hydroxylation is 3. The Hall–Kier alpha value is -3.08. The van der Waals surface area contributed by atoms with Gasteiger partial charge in [-0.25, -0.2) is 9.97 Å². The van der Waals surface area contributed by atoms with Crippen molar-refractivity contribution in [3.63, 3.8) is 0 Å². The normalized spacial score (nSPS) is 14.7. The molecule has 0 unspecified atom stereocenters. The molecular formula is C24H26N4O. The molecule has 0 amide bonds. The van der Waals surface area contributed by atoms with Gasteiger partial charge in [-0.3, -0.25) is 4.40 Å². The number of anilines is 1. The number of aromatic nitrogens is 3. The van der Waals surface area contributed by atoms with E-state index >= 15 is 0 Å². The van der Waals surface area contributed by atoms with Gasteiger partial charge in [0.2, 0.25) is 0 Å². The zero-order chi connectivity index (χ0) is 20.0. The van der Waals surface area contributed by atoms with Crippen LogP contribution in [-0.2, 0) is 0 Å². The second-order valence-electron chi connectivity index (χ2n) is 8.13. The predicted molar refractivity (Wildman–Crippen MR) is 116 cm³/mol. The van der Waals surface area contributed by atoms with E-state index in [0.717, 1.165) is 39.7 Å². The van der Waals surface area contributed by atoms with Gasteiger partial charge in [-0.05, 0) is 62.9 Å². The van der Waals surface area contributed by atoms with Crippen LogP contribution in [0.3, 0.4) is 0 Å². The SMILES string of the molecule is Cc1cc2ncc(-c3cccc(NC4CCCC4)n3)n2cc1-c1c(C)coc1C. The fourth-order valence-electron chi connectivity index (χ4n) is 4.48. The van der Waals surface area contributed by atoms with Crippen LogP contribution in [0.4, 0.5) is 5.82 Å². The molecule has 1 saturated carbocycles. The van der Waals surface area contributed by atoms with Crippen LogP contribution in [-0.4, -0.2) is 20.4 Å². The van der Waals surface area contributed by atoms with Crippen LogP contribution in [0, 0.1) is 20.8 Å². The van der Waals surface area contributed by atoms with Gasteiger partial charge in [0.05, 0.1) is 23.8 Å². The number of hydrogen-bond acceptors (Lipinski definition) is 4. The Morgan fingerprint density at radius 2 is 1.93 bits per heavy atom. The molecule has 5 heteroatoms. The molecule has 4 heterocycles. The van der Waals surface area contributed by atoms with Crippen LogP contribution >= 0.6 is 0 Å². The van der Waals surface area contributed by atoms with Crippen molar-refractivity contribution in [2.75, 3.05) is 5.32 Å². The Morgan fingerprint density at radius 3 is 2.69 bits per heavy atom. The van der Waals surface area contributed by atoms with Crippen LogP contribution < -0.4 is 5.32 Å². The van der Waals surface area contributed by atoms with E-state index in [4.69, 9.17) is 9.40 Å². The maximum atomic E-state index is 5.65. The number of furan rings is 1. The van der Waals surface area contributed by atoms with Gasteiger partial charge < -0.3 is 9.73 Å². The third-order valence-electron chi connectivity index (χ3n) is 6.00. The first-order valence-corrected chi connectivity index (χ1v) is 10.4. The van der Waals surface area contributed by atoms with E-state index in [1.54, 1.807) is 0 Å². The monoisotopic (exact) mass is 386 g/mol. The number of rotatable bonds is 4. The highest BCUT2D eigenvalue weighted by molar-refractivity contribution is 5.74. The van der Waals surface area contributed by atoms with E-state index in [2.05, 4.69) is 59.0 Å². The molecular weight excluding hydrogens is 360 g/mol. The van der Waals surface area contributed by atoms with Gasteiger partial charge in [-0.2, -0.15) is 0 Å². The zero-order valence-electron chi connectivity index (χ0n) is 17.2. The van der Waals surface area contributed by atoms with E-state index in [9.17, 15) is 0 Å². The first-order valence-electron chi connectivity index (χ1n) is 10.4. The number of pyridine rings is 2. The molecule has 148 valence electrons. The molecule has 29 heavy (non-hydrogen) atoms. The second kappa shape index (κ2) is 7.07. The summed E-state index contributed by atoms with van der Waals surface area (Å²) in [6, 6.07) is 8.85. The minimum absolute atomic E-state index is 0.543. The van der Waals surface area contributed by atoms with Crippen LogP contribution in [0.5, 0.6) is 0 Å². The summed E-state index contributed by atoms with van der Waals surface area (Å²) in [5, 5.41) is 3.60. The van der Waals surface area contributed by atoms with Crippen molar-refractivity contribution in [3.05, 3.63) is 59.8 Å². The molecule has 1 fully saturated rings. The third-order valence-corrected chi connectivity index (χ3v) is 6.00. The van der Waals surface area contributed by atoms with Crippen molar-refractivity contribution in [2.24, 2.45) is 0 Å². The minimum atomic E-state index is 0.543. The highest BCUT2D eigenvalue weighted by atomic mass is 16.3. The zero-order valence-corrected chi connectivity index (χ0v) is 17.2. The lowest BCUT2D eigenvalue weighted by molar-refractivity contribution is 0.534. The van der Waals surface area contributed by atoms with Gasteiger partial charge in [0, 0.05) is 23.4 Å². The van der Waals surface area contributed by atoms with Crippen molar-refractivity contribution >= 4 is 11.5 Å². The van der Waals surface area contributed by atoms with Crippen LogP contribution in [0.25, 0.3) is 28.2 Å². The largest absolute Gasteiger partial charge is 0.469 e. The molecule has 0 saturated heterocycles. The Bertz CT molecular complexity index is 1160. The number of fused-ring (bicyclic) bond motifs is 1. The van der Waals surface area contributed by atoms with E-state index in [1.165, 1.54) is 36.8 Å². The summed E-state index contributed by atoms with van der Waals surface area (Å²) in [5.41, 5.74) is 7.51. The first-order chi connectivity index (χ1) is 14.1. The standard InChI is InChI=1S/C24H26N4O/c1-15-11-23-25-12-21(28(23)13-19(15)24-16(2)14-29-17(24)3)20-9-6-10-22(27-20)26-18-7-4-5-8-18/h6,9-14,18H,4-5,7-8H2,1-3H3,(H,26,27). The topological polar surface area (TPSA) is 55.4 Å². The molecule has 1 aliphatic rings. The molecule has 0 atom stereocenters. The van der Waals surface area contributed by atoms with Crippen molar-refractivity contribution in [3.8, 4) is 22.5 Å². The van der Waals surface area contributed by atoms with E-state index in [1.807, 2.05) is 19.4 Å². The maximum absolute atomic E-state index is 5.65. The number of nitrogens with one attached hydrogen (secondary N) is 1. The van der Waals surface area contributed by atoms with E-state index in [-0.39, 0.29) is 0 Å². The lowest BCUT2D eigenvalue weighted by Crippen LogP contribution is -2.15.